The number of hydrogen-bond acceptors (Lipinski definition) is 5. The average Bonchev–Trinajstić information content (AvgIpc) is 2.28. The number of nitrogens with two attached hydrogens (primary N) is 1. The predicted octanol–water partition coefficient (Wildman–Crippen LogP) is 1.14. The molecular formula is C9H8ClN5O. The zero-order valence-corrected chi connectivity index (χ0v) is 8.82. The van der Waals surface area contributed by atoms with Gasteiger partial charge in [-0.2, -0.15) is 0 Å². The van der Waals surface area contributed by atoms with Crippen molar-refractivity contribution in [3.8, 4) is 0 Å². The molecule has 0 aliphatic heterocycles. The lowest BCUT2D eigenvalue weighted by atomic mass is 10.4. The molecule has 0 saturated carbocycles. The van der Waals surface area contributed by atoms with Crippen LogP contribution in [0.3, 0.4) is 0 Å². The van der Waals surface area contributed by atoms with Crippen LogP contribution < -0.4 is 16.6 Å². The number of aromatic nitrogens is 3. The summed E-state index contributed by atoms with van der Waals surface area (Å²) in [5.74, 6) is 0.249. The highest BCUT2D eigenvalue weighted by Gasteiger charge is 2.06. The molecule has 0 unspecified atom stereocenters. The molecule has 0 amide bonds. The first kappa shape index (κ1) is 10.4. The Morgan fingerprint density at radius 1 is 1.44 bits per heavy atom. The van der Waals surface area contributed by atoms with Gasteiger partial charge in [-0.15, -0.1) is 0 Å². The largest absolute Gasteiger partial charge is 0.391 e. The minimum absolute atomic E-state index is 0.00224. The van der Waals surface area contributed by atoms with Crippen molar-refractivity contribution >= 4 is 28.8 Å². The number of nitrogens with one attached hydrogen (secondary N) is 2. The van der Waals surface area contributed by atoms with Gasteiger partial charge in [0.2, 0.25) is 0 Å². The molecule has 2 aromatic rings. The fourth-order valence-electron chi connectivity index (χ4n) is 1.12. The summed E-state index contributed by atoms with van der Waals surface area (Å²) in [7, 11) is 0. The Balaban J connectivity index is 2.38. The van der Waals surface area contributed by atoms with Gasteiger partial charge in [0.15, 0.2) is 11.0 Å². The number of hydrogen-bond donors (Lipinski definition) is 3. The SMILES string of the molecule is Nc1c(Nc2cccnc2Cl)nc[nH]c1=O. The molecule has 2 heterocycles. The minimum atomic E-state index is -0.405. The highest BCUT2D eigenvalue weighted by atomic mass is 35.5. The highest BCUT2D eigenvalue weighted by Crippen LogP contribution is 2.22. The molecule has 0 bridgehead atoms. The Bertz CT molecular complexity index is 568. The Kier molecular flexibility index (Phi) is 2.74. The lowest BCUT2D eigenvalue weighted by molar-refractivity contribution is 1.12. The lowest BCUT2D eigenvalue weighted by Crippen LogP contribution is -2.14. The second kappa shape index (κ2) is 4.19. The Hall–Kier alpha value is -2.08. The molecule has 2 rings (SSSR count). The summed E-state index contributed by atoms with van der Waals surface area (Å²) >= 11 is 5.84. The predicted molar refractivity (Wildman–Crippen MR) is 61.8 cm³/mol. The number of pyridine rings is 1. The van der Waals surface area contributed by atoms with Crippen LogP contribution >= 0.6 is 11.6 Å². The zero-order chi connectivity index (χ0) is 11.5. The summed E-state index contributed by atoms with van der Waals surface area (Å²) in [6.45, 7) is 0. The maximum atomic E-state index is 11.2. The molecule has 16 heavy (non-hydrogen) atoms. The van der Waals surface area contributed by atoms with Crippen molar-refractivity contribution in [3.05, 3.63) is 40.2 Å². The molecule has 4 N–H and O–H groups in total. The highest BCUT2D eigenvalue weighted by molar-refractivity contribution is 6.32. The average molecular weight is 238 g/mol. The third kappa shape index (κ3) is 1.96. The fourth-order valence-corrected chi connectivity index (χ4v) is 1.28. The molecule has 0 fully saturated rings. The van der Waals surface area contributed by atoms with Gasteiger partial charge in [0, 0.05) is 6.20 Å². The van der Waals surface area contributed by atoms with Crippen molar-refractivity contribution in [1.29, 1.82) is 0 Å². The number of anilines is 3. The van der Waals surface area contributed by atoms with Crippen LogP contribution in [0.1, 0.15) is 0 Å². The van der Waals surface area contributed by atoms with Crippen LogP contribution in [0.4, 0.5) is 17.2 Å². The number of nitrogen functional groups attached to an aromatic ring is 1. The topological polar surface area (TPSA) is 96.7 Å². The van der Waals surface area contributed by atoms with Crippen molar-refractivity contribution in [1.82, 2.24) is 15.0 Å². The first-order valence-corrected chi connectivity index (χ1v) is 4.77. The van der Waals surface area contributed by atoms with Crippen molar-refractivity contribution in [3.63, 3.8) is 0 Å². The van der Waals surface area contributed by atoms with Gasteiger partial charge in [0.1, 0.15) is 5.69 Å². The minimum Gasteiger partial charge on any atom is -0.391 e. The van der Waals surface area contributed by atoms with Crippen LogP contribution in [0.15, 0.2) is 29.5 Å². The molecule has 7 heteroatoms. The summed E-state index contributed by atoms with van der Waals surface area (Å²) in [6, 6.07) is 3.41. The Morgan fingerprint density at radius 2 is 2.25 bits per heavy atom. The van der Waals surface area contributed by atoms with Gasteiger partial charge in [0.25, 0.3) is 5.56 Å². The quantitative estimate of drug-likeness (QED) is 0.681. The van der Waals surface area contributed by atoms with Gasteiger partial charge in [-0.05, 0) is 12.1 Å². The summed E-state index contributed by atoms with van der Waals surface area (Å²) in [6.07, 6.45) is 2.81. The summed E-state index contributed by atoms with van der Waals surface area (Å²) in [5.41, 5.74) is 5.68. The number of H-pyrrole nitrogens is 1. The van der Waals surface area contributed by atoms with Gasteiger partial charge in [-0.1, -0.05) is 11.6 Å². The molecule has 0 spiro atoms. The maximum absolute atomic E-state index is 11.2. The fraction of sp³-hybridized carbons (Fsp3) is 0. The second-order valence-electron chi connectivity index (χ2n) is 2.96. The number of halogens is 1. The molecule has 0 aliphatic carbocycles. The number of aromatic amines is 1. The van der Waals surface area contributed by atoms with Crippen molar-refractivity contribution in [2.75, 3.05) is 11.1 Å². The van der Waals surface area contributed by atoms with E-state index in [2.05, 4.69) is 20.3 Å². The van der Waals surface area contributed by atoms with Gasteiger partial charge in [-0.3, -0.25) is 4.79 Å². The van der Waals surface area contributed by atoms with Crippen LogP contribution in [-0.2, 0) is 0 Å². The zero-order valence-electron chi connectivity index (χ0n) is 8.07. The summed E-state index contributed by atoms with van der Waals surface area (Å²) < 4.78 is 0. The molecule has 6 nitrogen and oxygen atoms in total. The Morgan fingerprint density at radius 3 is 3.00 bits per heavy atom. The Labute approximate surface area is 95.5 Å². The van der Waals surface area contributed by atoms with Crippen LogP contribution in [-0.4, -0.2) is 15.0 Å². The van der Waals surface area contributed by atoms with E-state index in [0.29, 0.717) is 5.69 Å². The molecule has 0 saturated heterocycles. The normalized spacial score (nSPS) is 10.1. The number of rotatable bonds is 2. The molecular weight excluding hydrogens is 230 g/mol. The van der Waals surface area contributed by atoms with E-state index in [9.17, 15) is 4.79 Å². The van der Waals surface area contributed by atoms with E-state index in [-0.39, 0.29) is 16.7 Å². The van der Waals surface area contributed by atoms with Gasteiger partial charge in [-0.25, -0.2) is 9.97 Å². The van der Waals surface area contributed by atoms with Crippen LogP contribution in [0.25, 0.3) is 0 Å². The standard InChI is InChI=1S/C9H8ClN5O/c10-7-5(2-1-3-12-7)15-8-6(11)9(16)14-4-13-8/h1-4H,11H2,(H2,13,14,15,16). The summed E-state index contributed by atoms with van der Waals surface area (Å²) in [4.78, 5) is 21.3. The van der Waals surface area contributed by atoms with E-state index >= 15 is 0 Å². The molecule has 0 atom stereocenters. The second-order valence-corrected chi connectivity index (χ2v) is 3.32. The third-order valence-corrected chi connectivity index (χ3v) is 2.20. The molecule has 0 radical (unpaired) electrons. The van der Waals surface area contributed by atoms with Gasteiger partial charge >= 0.3 is 0 Å². The van der Waals surface area contributed by atoms with E-state index < -0.39 is 5.56 Å². The number of nitrogens with zero attached hydrogens (tertiary/aromatic N) is 2. The van der Waals surface area contributed by atoms with E-state index in [1.807, 2.05) is 0 Å². The molecule has 82 valence electrons. The smallest absolute Gasteiger partial charge is 0.276 e. The summed E-state index contributed by atoms with van der Waals surface area (Å²) in [5, 5.41) is 3.11. The first-order valence-electron chi connectivity index (χ1n) is 4.39. The van der Waals surface area contributed by atoms with Gasteiger partial charge < -0.3 is 16.0 Å². The lowest BCUT2D eigenvalue weighted by Gasteiger charge is -2.07. The van der Waals surface area contributed by atoms with E-state index in [0.717, 1.165) is 0 Å². The molecule has 2 aromatic heterocycles. The van der Waals surface area contributed by atoms with Crippen LogP contribution in [0, 0.1) is 0 Å². The molecule has 0 aliphatic rings. The monoisotopic (exact) mass is 237 g/mol. The third-order valence-electron chi connectivity index (χ3n) is 1.90. The molecule has 0 aromatic carbocycles. The maximum Gasteiger partial charge on any atom is 0.276 e. The van der Waals surface area contributed by atoms with E-state index in [1.165, 1.54) is 6.33 Å². The van der Waals surface area contributed by atoms with E-state index in [1.54, 1.807) is 18.3 Å². The van der Waals surface area contributed by atoms with Crippen molar-refractivity contribution < 1.29 is 0 Å². The van der Waals surface area contributed by atoms with E-state index in [4.69, 9.17) is 17.3 Å². The van der Waals surface area contributed by atoms with Gasteiger partial charge in [0.05, 0.1) is 12.0 Å². The van der Waals surface area contributed by atoms with Crippen LogP contribution in [0.2, 0.25) is 5.15 Å². The van der Waals surface area contributed by atoms with Crippen molar-refractivity contribution in [2.24, 2.45) is 0 Å². The first-order chi connectivity index (χ1) is 7.68. The van der Waals surface area contributed by atoms with Crippen LogP contribution in [0.5, 0.6) is 0 Å². The van der Waals surface area contributed by atoms with Crippen molar-refractivity contribution in [2.45, 2.75) is 0 Å².